The van der Waals surface area contributed by atoms with Crippen molar-refractivity contribution in [3.8, 4) is 5.88 Å². The zero-order valence-corrected chi connectivity index (χ0v) is 9.23. The molecule has 1 aromatic heterocycles. The number of nitrogens with one attached hydrogen (secondary N) is 1. The van der Waals surface area contributed by atoms with Gasteiger partial charge in [0.15, 0.2) is 0 Å². The molecule has 0 amide bonds. The van der Waals surface area contributed by atoms with Crippen LogP contribution in [0.2, 0.25) is 0 Å². The molecular formula is C10H18N4O. The van der Waals surface area contributed by atoms with Gasteiger partial charge < -0.3 is 15.8 Å². The molecule has 0 aliphatic carbocycles. The van der Waals surface area contributed by atoms with Crippen LogP contribution in [-0.4, -0.2) is 29.7 Å². The Morgan fingerprint density at radius 3 is 3.00 bits per heavy atom. The maximum atomic E-state index is 5.44. The van der Waals surface area contributed by atoms with E-state index in [0.717, 1.165) is 25.2 Å². The molecule has 1 rings (SSSR count). The summed E-state index contributed by atoms with van der Waals surface area (Å²) in [5.74, 6) is 1.25. The van der Waals surface area contributed by atoms with Gasteiger partial charge in [0.2, 0.25) is 5.88 Å². The van der Waals surface area contributed by atoms with Crippen LogP contribution in [0.1, 0.15) is 19.8 Å². The first kappa shape index (κ1) is 11.7. The largest absolute Gasteiger partial charge is 0.480 e. The predicted molar refractivity (Wildman–Crippen MR) is 60.0 cm³/mol. The second-order valence-corrected chi connectivity index (χ2v) is 3.42. The lowest BCUT2D eigenvalue weighted by atomic mass is 10.2. The van der Waals surface area contributed by atoms with Crippen LogP contribution in [0.5, 0.6) is 5.88 Å². The zero-order chi connectivity index (χ0) is 11.1. The lowest BCUT2D eigenvalue weighted by molar-refractivity contribution is 0.396. The normalized spacial score (nSPS) is 12.2. The van der Waals surface area contributed by atoms with Gasteiger partial charge in [0.25, 0.3) is 0 Å². The van der Waals surface area contributed by atoms with E-state index in [1.165, 1.54) is 0 Å². The summed E-state index contributed by atoms with van der Waals surface area (Å²) < 4.78 is 4.98. The molecule has 3 N–H and O–H groups in total. The molecule has 0 saturated carbocycles. The van der Waals surface area contributed by atoms with E-state index in [1.54, 1.807) is 19.5 Å². The van der Waals surface area contributed by atoms with Crippen molar-refractivity contribution in [3.05, 3.63) is 12.4 Å². The number of rotatable bonds is 6. The number of nitrogens with zero attached hydrogens (tertiary/aromatic N) is 2. The maximum Gasteiger partial charge on any atom is 0.233 e. The summed E-state index contributed by atoms with van der Waals surface area (Å²) in [7, 11) is 1.58. The number of methoxy groups -OCH3 is 1. The maximum absolute atomic E-state index is 5.44. The van der Waals surface area contributed by atoms with E-state index in [9.17, 15) is 0 Å². The van der Waals surface area contributed by atoms with Gasteiger partial charge in [-0.05, 0) is 26.3 Å². The van der Waals surface area contributed by atoms with Crippen molar-refractivity contribution in [2.24, 2.45) is 5.73 Å². The Bertz CT molecular complexity index is 293. The average molecular weight is 210 g/mol. The monoisotopic (exact) mass is 210 g/mol. The van der Waals surface area contributed by atoms with Crippen LogP contribution in [0.25, 0.3) is 0 Å². The van der Waals surface area contributed by atoms with Crippen LogP contribution in [0.4, 0.5) is 5.82 Å². The third-order valence-electron chi connectivity index (χ3n) is 2.06. The van der Waals surface area contributed by atoms with Gasteiger partial charge in [-0.2, -0.15) is 4.98 Å². The summed E-state index contributed by atoms with van der Waals surface area (Å²) >= 11 is 0. The van der Waals surface area contributed by atoms with Gasteiger partial charge in [-0.15, -0.1) is 0 Å². The minimum absolute atomic E-state index is 0.343. The van der Waals surface area contributed by atoms with Crippen LogP contribution >= 0.6 is 0 Å². The van der Waals surface area contributed by atoms with E-state index < -0.39 is 0 Å². The predicted octanol–water partition coefficient (Wildman–Crippen LogP) is 1.02. The minimum atomic E-state index is 0.343. The highest BCUT2D eigenvalue weighted by atomic mass is 16.5. The van der Waals surface area contributed by atoms with Crippen molar-refractivity contribution in [2.75, 3.05) is 19.0 Å². The molecule has 0 aliphatic rings. The molecule has 84 valence electrons. The average Bonchev–Trinajstić information content (AvgIpc) is 2.26. The molecule has 0 bridgehead atoms. The Kier molecular flexibility index (Phi) is 4.83. The molecular weight excluding hydrogens is 192 g/mol. The molecule has 5 nitrogen and oxygen atoms in total. The van der Waals surface area contributed by atoms with E-state index in [2.05, 4.69) is 22.2 Å². The Labute approximate surface area is 90.1 Å². The first-order valence-corrected chi connectivity index (χ1v) is 5.09. The van der Waals surface area contributed by atoms with Crippen molar-refractivity contribution in [2.45, 2.75) is 25.8 Å². The molecule has 1 aromatic rings. The summed E-state index contributed by atoms with van der Waals surface area (Å²) in [5, 5.41) is 3.24. The fourth-order valence-electron chi connectivity index (χ4n) is 1.26. The van der Waals surface area contributed by atoms with E-state index >= 15 is 0 Å². The molecule has 0 fully saturated rings. The number of nitrogens with two attached hydrogens (primary N) is 1. The van der Waals surface area contributed by atoms with E-state index in [0.29, 0.717) is 11.9 Å². The summed E-state index contributed by atoms with van der Waals surface area (Å²) in [6.45, 7) is 2.81. The van der Waals surface area contributed by atoms with Crippen molar-refractivity contribution in [1.82, 2.24) is 9.97 Å². The van der Waals surface area contributed by atoms with Gasteiger partial charge in [0.05, 0.1) is 19.5 Å². The molecule has 1 atom stereocenters. The topological polar surface area (TPSA) is 73.1 Å². The number of anilines is 1. The van der Waals surface area contributed by atoms with Gasteiger partial charge in [0, 0.05) is 6.04 Å². The van der Waals surface area contributed by atoms with Gasteiger partial charge in [-0.3, -0.25) is 4.98 Å². The molecule has 15 heavy (non-hydrogen) atoms. The Morgan fingerprint density at radius 1 is 1.53 bits per heavy atom. The van der Waals surface area contributed by atoms with Gasteiger partial charge in [-0.25, -0.2) is 0 Å². The van der Waals surface area contributed by atoms with E-state index in [1.807, 2.05) is 0 Å². The second kappa shape index (κ2) is 6.19. The third kappa shape index (κ3) is 4.12. The fraction of sp³-hybridized carbons (Fsp3) is 0.600. The van der Waals surface area contributed by atoms with Gasteiger partial charge in [-0.1, -0.05) is 0 Å². The minimum Gasteiger partial charge on any atom is -0.480 e. The van der Waals surface area contributed by atoms with E-state index in [-0.39, 0.29) is 0 Å². The first-order valence-electron chi connectivity index (χ1n) is 5.09. The number of hydrogen-bond acceptors (Lipinski definition) is 5. The fourth-order valence-corrected chi connectivity index (χ4v) is 1.26. The molecule has 0 saturated heterocycles. The highest BCUT2D eigenvalue weighted by molar-refractivity contribution is 5.34. The number of hydrogen-bond donors (Lipinski definition) is 2. The molecule has 0 radical (unpaired) electrons. The highest BCUT2D eigenvalue weighted by Crippen LogP contribution is 2.10. The number of ether oxygens (including phenoxy) is 1. The zero-order valence-electron chi connectivity index (χ0n) is 9.23. The molecule has 5 heteroatoms. The van der Waals surface area contributed by atoms with Gasteiger partial charge in [0.1, 0.15) is 5.82 Å². The van der Waals surface area contributed by atoms with Crippen molar-refractivity contribution >= 4 is 5.82 Å². The van der Waals surface area contributed by atoms with Crippen LogP contribution in [0.15, 0.2) is 12.4 Å². The van der Waals surface area contributed by atoms with Crippen LogP contribution < -0.4 is 15.8 Å². The Balaban J connectivity index is 2.48. The Hall–Kier alpha value is -1.36. The summed E-state index contributed by atoms with van der Waals surface area (Å²) in [4.78, 5) is 8.23. The smallest absolute Gasteiger partial charge is 0.233 e. The molecule has 1 unspecified atom stereocenters. The quantitative estimate of drug-likeness (QED) is 0.733. The molecule has 0 aliphatic heterocycles. The van der Waals surface area contributed by atoms with Crippen molar-refractivity contribution < 1.29 is 4.74 Å². The molecule has 1 heterocycles. The van der Waals surface area contributed by atoms with Crippen molar-refractivity contribution in [3.63, 3.8) is 0 Å². The van der Waals surface area contributed by atoms with Crippen LogP contribution in [0, 0.1) is 0 Å². The second-order valence-electron chi connectivity index (χ2n) is 3.42. The summed E-state index contributed by atoms with van der Waals surface area (Å²) in [6.07, 6.45) is 5.29. The first-order chi connectivity index (χ1) is 7.26. The lowest BCUT2D eigenvalue weighted by Crippen LogP contribution is -2.17. The lowest BCUT2D eigenvalue weighted by Gasteiger charge is -2.13. The van der Waals surface area contributed by atoms with Crippen LogP contribution in [-0.2, 0) is 0 Å². The number of aromatic nitrogens is 2. The van der Waals surface area contributed by atoms with Crippen LogP contribution in [0.3, 0.4) is 0 Å². The molecule has 0 aromatic carbocycles. The standard InChI is InChI=1S/C10H18N4O/c1-8(4-3-5-11)13-9-6-12-7-10(14-9)15-2/h6-8H,3-5,11H2,1-2H3,(H,13,14). The third-order valence-corrected chi connectivity index (χ3v) is 2.06. The SMILES string of the molecule is COc1cncc(NC(C)CCCN)n1. The van der Waals surface area contributed by atoms with Crippen molar-refractivity contribution in [1.29, 1.82) is 0 Å². The highest BCUT2D eigenvalue weighted by Gasteiger charge is 2.03. The van der Waals surface area contributed by atoms with E-state index in [4.69, 9.17) is 10.5 Å². The summed E-state index contributed by atoms with van der Waals surface area (Å²) in [6, 6.07) is 0.343. The van der Waals surface area contributed by atoms with Gasteiger partial charge >= 0.3 is 0 Å². The summed E-state index contributed by atoms with van der Waals surface area (Å²) in [5.41, 5.74) is 5.44. The molecule has 0 spiro atoms. The Morgan fingerprint density at radius 2 is 2.33 bits per heavy atom.